The minimum Gasteiger partial charge on any atom is -0.370 e. The first kappa shape index (κ1) is 17.8. The van der Waals surface area contributed by atoms with E-state index in [1.165, 1.54) is 11.3 Å². The lowest BCUT2D eigenvalue weighted by atomic mass is 10.2. The Hall–Kier alpha value is -1.97. The quantitative estimate of drug-likeness (QED) is 0.625. The Kier molecular flexibility index (Phi) is 5.36. The van der Waals surface area contributed by atoms with E-state index >= 15 is 0 Å². The van der Waals surface area contributed by atoms with Gasteiger partial charge in [0, 0.05) is 24.0 Å². The molecule has 1 saturated heterocycles. The maximum atomic E-state index is 12.8. The first-order chi connectivity index (χ1) is 12.0. The number of nitrogens with two attached hydrogens (primary N) is 2. The van der Waals surface area contributed by atoms with Crippen LogP contribution in [0, 0.1) is 0 Å². The molecule has 0 unspecified atom stereocenters. The van der Waals surface area contributed by atoms with E-state index in [2.05, 4.69) is 9.98 Å². The number of sulfonamides is 1. The van der Waals surface area contributed by atoms with Crippen molar-refractivity contribution >= 4 is 32.5 Å². The Balaban J connectivity index is 1.82. The third-order valence-electron chi connectivity index (χ3n) is 4.07. The van der Waals surface area contributed by atoms with E-state index in [1.54, 1.807) is 28.6 Å². The Morgan fingerprint density at radius 2 is 1.72 bits per heavy atom. The van der Waals surface area contributed by atoms with Gasteiger partial charge in [-0.1, -0.05) is 25.0 Å². The van der Waals surface area contributed by atoms with Gasteiger partial charge in [-0.15, -0.1) is 11.3 Å². The van der Waals surface area contributed by atoms with Crippen molar-refractivity contribution in [2.75, 3.05) is 13.1 Å². The number of hydrogen-bond acceptors (Lipinski definition) is 5. The summed E-state index contributed by atoms with van der Waals surface area (Å²) in [6.07, 6.45) is 4.02. The van der Waals surface area contributed by atoms with Gasteiger partial charge < -0.3 is 11.5 Å². The molecule has 1 aliphatic rings. The molecule has 3 rings (SSSR count). The smallest absolute Gasteiger partial charge is 0.243 e. The van der Waals surface area contributed by atoms with E-state index in [0.717, 1.165) is 31.2 Å². The van der Waals surface area contributed by atoms with E-state index in [-0.39, 0.29) is 5.96 Å². The van der Waals surface area contributed by atoms with E-state index in [4.69, 9.17) is 11.5 Å². The van der Waals surface area contributed by atoms with Crippen LogP contribution in [0.3, 0.4) is 0 Å². The average Bonchev–Trinajstić information content (AvgIpc) is 2.86. The predicted octanol–water partition coefficient (Wildman–Crippen LogP) is 2.28. The van der Waals surface area contributed by atoms with Crippen molar-refractivity contribution in [3.05, 3.63) is 29.6 Å². The highest BCUT2D eigenvalue weighted by Gasteiger charge is 2.25. The molecule has 1 aromatic heterocycles. The van der Waals surface area contributed by atoms with Crippen LogP contribution < -0.4 is 11.5 Å². The summed E-state index contributed by atoms with van der Waals surface area (Å²) in [7, 11) is -3.43. The lowest BCUT2D eigenvalue weighted by Gasteiger charge is -2.19. The molecule has 7 nitrogen and oxygen atoms in total. The van der Waals surface area contributed by atoms with Gasteiger partial charge in [0.1, 0.15) is 0 Å². The highest BCUT2D eigenvalue weighted by molar-refractivity contribution is 7.89. The summed E-state index contributed by atoms with van der Waals surface area (Å²) >= 11 is 1.32. The Morgan fingerprint density at radius 3 is 2.32 bits per heavy atom. The van der Waals surface area contributed by atoms with Crippen molar-refractivity contribution in [2.45, 2.75) is 30.6 Å². The summed E-state index contributed by atoms with van der Waals surface area (Å²) in [5, 5.41) is 2.30. The fourth-order valence-electron chi connectivity index (χ4n) is 2.79. The summed E-state index contributed by atoms with van der Waals surface area (Å²) < 4.78 is 27.2. The second-order valence-electron chi connectivity index (χ2n) is 5.89. The molecular weight excluding hydrogens is 358 g/mol. The minimum atomic E-state index is -3.43. The van der Waals surface area contributed by atoms with Crippen molar-refractivity contribution in [1.29, 1.82) is 0 Å². The van der Waals surface area contributed by atoms with Crippen LogP contribution in [0.4, 0.5) is 5.13 Å². The molecule has 0 radical (unpaired) electrons. The molecule has 0 amide bonds. The van der Waals surface area contributed by atoms with Crippen molar-refractivity contribution < 1.29 is 8.42 Å². The third kappa shape index (κ3) is 4.17. The number of guanidine groups is 1. The van der Waals surface area contributed by atoms with Crippen LogP contribution in [0.15, 0.2) is 39.5 Å². The second kappa shape index (κ2) is 7.51. The standard InChI is InChI=1S/C16H21N5O2S2/c17-15(18)20-16-19-14(11-24-16)12-5-7-13(8-6-12)25(22,23)21-9-3-1-2-4-10-21/h5-8,11H,1-4,9-10H2,(H4,17,18,19,20). The van der Waals surface area contributed by atoms with Crippen LogP contribution >= 0.6 is 11.3 Å². The van der Waals surface area contributed by atoms with Crippen LogP contribution in [0.1, 0.15) is 25.7 Å². The molecule has 0 aliphatic carbocycles. The molecule has 1 aromatic carbocycles. The third-order valence-corrected chi connectivity index (χ3v) is 6.72. The summed E-state index contributed by atoms with van der Waals surface area (Å²) in [5.74, 6) is -0.0419. The number of benzene rings is 1. The summed E-state index contributed by atoms with van der Waals surface area (Å²) in [4.78, 5) is 8.55. The molecule has 1 aliphatic heterocycles. The average molecular weight is 380 g/mol. The number of thiazole rings is 1. The van der Waals surface area contributed by atoms with Crippen molar-refractivity contribution in [1.82, 2.24) is 9.29 Å². The maximum absolute atomic E-state index is 12.8. The van der Waals surface area contributed by atoms with E-state index < -0.39 is 10.0 Å². The maximum Gasteiger partial charge on any atom is 0.243 e. The summed E-state index contributed by atoms with van der Waals surface area (Å²) in [6, 6.07) is 6.79. The van der Waals surface area contributed by atoms with Gasteiger partial charge in [-0.05, 0) is 25.0 Å². The summed E-state index contributed by atoms with van der Waals surface area (Å²) in [6.45, 7) is 1.19. The van der Waals surface area contributed by atoms with Crippen LogP contribution in [0.5, 0.6) is 0 Å². The Labute approximate surface area is 151 Å². The second-order valence-corrected chi connectivity index (χ2v) is 8.67. The zero-order valence-electron chi connectivity index (χ0n) is 13.8. The molecule has 2 heterocycles. The molecule has 0 saturated carbocycles. The highest BCUT2D eigenvalue weighted by Crippen LogP contribution is 2.28. The first-order valence-corrected chi connectivity index (χ1v) is 10.4. The summed E-state index contributed by atoms with van der Waals surface area (Å²) in [5.41, 5.74) is 12.2. The largest absolute Gasteiger partial charge is 0.370 e. The van der Waals surface area contributed by atoms with Gasteiger partial charge in [0.2, 0.25) is 15.2 Å². The molecule has 0 bridgehead atoms. The molecule has 0 atom stereocenters. The normalized spacial score (nSPS) is 16.3. The number of nitrogens with zero attached hydrogens (tertiary/aromatic N) is 3. The zero-order valence-corrected chi connectivity index (χ0v) is 15.4. The van der Waals surface area contributed by atoms with Crippen LogP contribution in [0.2, 0.25) is 0 Å². The van der Waals surface area contributed by atoms with Crippen molar-refractivity contribution in [2.24, 2.45) is 16.5 Å². The van der Waals surface area contributed by atoms with Gasteiger partial charge in [-0.2, -0.15) is 9.30 Å². The number of rotatable bonds is 4. The van der Waals surface area contributed by atoms with Gasteiger partial charge >= 0.3 is 0 Å². The predicted molar refractivity (Wildman–Crippen MR) is 100 cm³/mol. The van der Waals surface area contributed by atoms with Gasteiger partial charge in [0.25, 0.3) is 0 Å². The Bertz CT molecular complexity index is 847. The lowest BCUT2D eigenvalue weighted by Crippen LogP contribution is -2.31. The molecule has 4 N–H and O–H groups in total. The fourth-order valence-corrected chi connectivity index (χ4v) is 5.02. The topological polar surface area (TPSA) is 115 Å². The van der Waals surface area contributed by atoms with Gasteiger partial charge in [-0.3, -0.25) is 0 Å². The molecule has 2 aromatic rings. The lowest BCUT2D eigenvalue weighted by molar-refractivity contribution is 0.424. The van der Waals surface area contributed by atoms with Crippen LogP contribution in [0.25, 0.3) is 11.3 Å². The van der Waals surface area contributed by atoms with Crippen LogP contribution in [-0.2, 0) is 10.0 Å². The Morgan fingerprint density at radius 1 is 1.08 bits per heavy atom. The number of aromatic nitrogens is 1. The molecule has 9 heteroatoms. The monoisotopic (exact) mass is 379 g/mol. The van der Waals surface area contributed by atoms with E-state index in [1.807, 2.05) is 5.38 Å². The van der Waals surface area contributed by atoms with Gasteiger partial charge in [0.15, 0.2) is 5.96 Å². The molecule has 0 spiro atoms. The van der Waals surface area contributed by atoms with Gasteiger partial charge in [-0.25, -0.2) is 13.4 Å². The van der Waals surface area contributed by atoms with Crippen LogP contribution in [-0.4, -0.2) is 36.8 Å². The highest BCUT2D eigenvalue weighted by atomic mass is 32.2. The van der Waals surface area contributed by atoms with E-state index in [9.17, 15) is 8.42 Å². The molecule has 1 fully saturated rings. The number of aliphatic imine (C=N–C) groups is 1. The van der Waals surface area contributed by atoms with Crippen molar-refractivity contribution in [3.63, 3.8) is 0 Å². The SMILES string of the molecule is NC(N)=Nc1nc(-c2ccc(S(=O)(=O)N3CCCCCC3)cc2)cs1. The minimum absolute atomic E-state index is 0.0419. The zero-order chi connectivity index (χ0) is 17.9. The van der Waals surface area contributed by atoms with Crippen molar-refractivity contribution in [3.8, 4) is 11.3 Å². The van der Waals surface area contributed by atoms with E-state index in [0.29, 0.717) is 28.8 Å². The molecule has 134 valence electrons. The molecule has 25 heavy (non-hydrogen) atoms. The first-order valence-electron chi connectivity index (χ1n) is 8.12. The number of hydrogen-bond donors (Lipinski definition) is 2. The fraction of sp³-hybridized carbons (Fsp3) is 0.375. The molecular formula is C16H21N5O2S2. The van der Waals surface area contributed by atoms with Gasteiger partial charge in [0.05, 0.1) is 10.6 Å².